The Morgan fingerprint density at radius 2 is 1.80 bits per heavy atom. The van der Waals surface area contributed by atoms with Gasteiger partial charge in [0, 0.05) is 0 Å². The van der Waals surface area contributed by atoms with Crippen molar-refractivity contribution < 1.29 is 5.11 Å². The maximum Gasteiger partial charge on any atom is 0.0515 e. The molecule has 0 aliphatic heterocycles. The molecule has 1 N–H and O–H groups in total. The Morgan fingerprint density at radius 1 is 1.07 bits per heavy atom. The van der Waals surface area contributed by atoms with E-state index in [0.29, 0.717) is 0 Å². The van der Waals surface area contributed by atoms with Gasteiger partial charge in [-0.25, -0.2) is 0 Å². The molecule has 1 nitrogen and oxygen atoms in total. The Hall–Kier alpha value is -1.34. The SMILES string of the molecule is C[C@H](O)CCc1ccc2ccccc2c1. The van der Waals surface area contributed by atoms with Crippen molar-refractivity contribution in [1.29, 1.82) is 0 Å². The van der Waals surface area contributed by atoms with E-state index in [1.165, 1.54) is 16.3 Å². The molecular formula is C14H16O. The molecule has 0 spiro atoms. The van der Waals surface area contributed by atoms with E-state index < -0.39 is 0 Å². The van der Waals surface area contributed by atoms with Crippen LogP contribution in [0.3, 0.4) is 0 Å². The number of hydrogen-bond donors (Lipinski definition) is 1. The van der Waals surface area contributed by atoms with E-state index in [4.69, 9.17) is 0 Å². The zero-order chi connectivity index (χ0) is 10.7. The average Bonchev–Trinajstić information content (AvgIpc) is 2.26. The second-order valence-corrected chi connectivity index (χ2v) is 4.07. The monoisotopic (exact) mass is 200 g/mol. The van der Waals surface area contributed by atoms with Gasteiger partial charge in [-0.2, -0.15) is 0 Å². The third kappa shape index (κ3) is 2.57. The molecule has 0 saturated carbocycles. The first kappa shape index (κ1) is 10.2. The molecule has 1 heteroatoms. The smallest absolute Gasteiger partial charge is 0.0515 e. The van der Waals surface area contributed by atoms with Crippen LogP contribution in [0.5, 0.6) is 0 Å². The molecule has 78 valence electrons. The van der Waals surface area contributed by atoms with Crippen LogP contribution in [0.1, 0.15) is 18.9 Å². The first-order chi connectivity index (χ1) is 7.25. The summed E-state index contributed by atoms with van der Waals surface area (Å²) in [5.74, 6) is 0. The molecule has 0 fully saturated rings. The lowest BCUT2D eigenvalue weighted by Crippen LogP contribution is -2.01. The highest BCUT2D eigenvalue weighted by atomic mass is 16.3. The fourth-order valence-corrected chi connectivity index (χ4v) is 1.77. The van der Waals surface area contributed by atoms with Crippen LogP contribution in [0.15, 0.2) is 42.5 Å². The van der Waals surface area contributed by atoms with Crippen LogP contribution < -0.4 is 0 Å². The molecule has 0 amide bonds. The van der Waals surface area contributed by atoms with Crippen LogP contribution in [0.25, 0.3) is 10.8 Å². The normalized spacial score (nSPS) is 12.9. The molecule has 0 bridgehead atoms. The highest BCUT2D eigenvalue weighted by molar-refractivity contribution is 5.82. The molecule has 2 rings (SSSR count). The van der Waals surface area contributed by atoms with Gasteiger partial charge in [-0.1, -0.05) is 42.5 Å². The molecule has 0 aliphatic carbocycles. The largest absolute Gasteiger partial charge is 0.393 e. The number of aliphatic hydroxyl groups is 1. The van der Waals surface area contributed by atoms with Crippen LogP contribution in [-0.4, -0.2) is 11.2 Å². The Morgan fingerprint density at radius 3 is 2.53 bits per heavy atom. The summed E-state index contributed by atoms with van der Waals surface area (Å²) in [6, 6.07) is 14.8. The topological polar surface area (TPSA) is 20.2 Å². The van der Waals surface area contributed by atoms with Crippen LogP contribution in [0.4, 0.5) is 0 Å². The van der Waals surface area contributed by atoms with Crippen molar-refractivity contribution in [2.75, 3.05) is 0 Å². The summed E-state index contributed by atoms with van der Waals surface area (Å²) in [7, 11) is 0. The van der Waals surface area contributed by atoms with Crippen molar-refractivity contribution in [3.05, 3.63) is 48.0 Å². The summed E-state index contributed by atoms with van der Waals surface area (Å²) in [5, 5.41) is 11.8. The predicted octanol–water partition coefficient (Wildman–Crippen LogP) is 3.15. The summed E-state index contributed by atoms with van der Waals surface area (Å²) in [6.45, 7) is 1.83. The average molecular weight is 200 g/mol. The standard InChI is InChI=1S/C14H16O/c1-11(15)6-7-12-8-9-13-4-2-3-5-14(13)10-12/h2-5,8-11,15H,6-7H2,1H3/t11-/m0/s1. The summed E-state index contributed by atoms with van der Waals surface area (Å²) < 4.78 is 0. The van der Waals surface area contributed by atoms with Crippen LogP contribution >= 0.6 is 0 Å². The van der Waals surface area contributed by atoms with Gasteiger partial charge in [-0.3, -0.25) is 0 Å². The minimum Gasteiger partial charge on any atom is -0.393 e. The second kappa shape index (κ2) is 4.45. The molecule has 0 radical (unpaired) electrons. The molecule has 2 aromatic carbocycles. The predicted molar refractivity (Wildman–Crippen MR) is 63.9 cm³/mol. The van der Waals surface area contributed by atoms with Gasteiger partial charge in [0.25, 0.3) is 0 Å². The summed E-state index contributed by atoms with van der Waals surface area (Å²) in [6.07, 6.45) is 1.57. The number of rotatable bonds is 3. The quantitative estimate of drug-likeness (QED) is 0.807. The van der Waals surface area contributed by atoms with Crippen LogP contribution in [0, 0.1) is 0 Å². The lowest BCUT2D eigenvalue weighted by atomic mass is 10.0. The molecule has 0 unspecified atom stereocenters. The van der Waals surface area contributed by atoms with Crippen molar-refractivity contribution in [2.45, 2.75) is 25.9 Å². The summed E-state index contributed by atoms with van der Waals surface area (Å²) in [5.41, 5.74) is 1.30. The minimum absolute atomic E-state index is 0.212. The second-order valence-electron chi connectivity index (χ2n) is 4.07. The van der Waals surface area contributed by atoms with Gasteiger partial charge in [-0.05, 0) is 36.1 Å². The summed E-state index contributed by atoms with van der Waals surface area (Å²) in [4.78, 5) is 0. The Bertz CT molecular complexity index is 446. The molecule has 2 aromatic rings. The molecular weight excluding hydrogens is 184 g/mol. The molecule has 0 aliphatic rings. The maximum atomic E-state index is 9.23. The zero-order valence-electron chi connectivity index (χ0n) is 8.98. The van der Waals surface area contributed by atoms with Crippen LogP contribution in [0.2, 0.25) is 0 Å². The molecule has 0 aromatic heterocycles. The molecule has 0 heterocycles. The highest BCUT2D eigenvalue weighted by Crippen LogP contribution is 2.16. The van der Waals surface area contributed by atoms with E-state index in [0.717, 1.165) is 12.8 Å². The van der Waals surface area contributed by atoms with E-state index in [1.807, 2.05) is 6.92 Å². The number of aryl methyl sites for hydroxylation is 1. The van der Waals surface area contributed by atoms with E-state index in [1.54, 1.807) is 0 Å². The molecule has 1 atom stereocenters. The number of hydrogen-bond acceptors (Lipinski definition) is 1. The van der Waals surface area contributed by atoms with Gasteiger partial charge in [0.1, 0.15) is 0 Å². The first-order valence-electron chi connectivity index (χ1n) is 5.41. The fourth-order valence-electron chi connectivity index (χ4n) is 1.77. The van der Waals surface area contributed by atoms with E-state index in [9.17, 15) is 5.11 Å². The third-order valence-electron chi connectivity index (χ3n) is 2.66. The highest BCUT2D eigenvalue weighted by Gasteiger charge is 1.99. The minimum atomic E-state index is -0.212. The molecule has 15 heavy (non-hydrogen) atoms. The number of benzene rings is 2. The number of aliphatic hydroxyl groups excluding tert-OH is 1. The van der Waals surface area contributed by atoms with Crippen LogP contribution in [-0.2, 0) is 6.42 Å². The Labute approximate surface area is 90.4 Å². The van der Waals surface area contributed by atoms with Gasteiger partial charge in [0.15, 0.2) is 0 Å². The van der Waals surface area contributed by atoms with Gasteiger partial charge in [0.2, 0.25) is 0 Å². The number of fused-ring (bicyclic) bond motifs is 1. The summed E-state index contributed by atoms with van der Waals surface area (Å²) >= 11 is 0. The van der Waals surface area contributed by atoms with Gasteiger partial charge in [-0.15, -0.1) is 0 Å². The van der Waals surface area contributed by atoms with Crippen molar-refractivity contribution in [2.24, 2.45) is 0 Å². The first-order valence-corrected chi connectivity index (χ1v) is 5.41. The van der Waals surface area contributed by atoms with Gasteiger partial charge in [0.05, 0.1) is 6.10 Å². The Kier molecular flexibility index (Phi) is 3.02. The van der Waals surface area contributed by atoms with Crippen molar-refractivity contribution in [3.63, 3.8) is 0 Å². The van der Waals surface area contributed by atoms with Crippen molar-refractivity contribution >= 4 is 10.8 Å². The van der Waals surface area contributed by atoms with E-state index in [2.05, 4.69) is 42.5 Å². The van der Waals surface area contributed by atoms with Gasteiger partial charge >= 0.3 is 0 Å². The molecule has 0 saturated heterocycles. The van der Waals surface area contributed by atoms with E-state index in [-0.39, 0.29) is 6.10 Å². The van der Waals surface area contributed by atoms with Crippen molar-refractivity contribution in [3.8, 4) is 0 Å². The van der Waals surface area contributed by atoms with E-state index >= 15 is 0 Å². The lowest BCUT2D eigenvalue weighted by molar-refractivity contribution is 0.185. The van der Waals surface area contributed by atoms with Gasteiger partial charge < -0.3 is 5.11 Å². The Balaban J connectivity index is 2.23. The fraction of sp³-hybridized carbons (Fsp3) is 0.286. The maximum absolute atomic E-state index is 9.23. The third-order valence-corrected chi connectivity index (χ3v) is 2.66. The van der Waals surface area contributed by atoms with Crippen molar-refractivity contribution in [1.82, 2.24) is 0 Å². The lowest BCUT2D eigenvalue weighted by Gasteiger charge is -2.05. The zero-order valence-corrected chi connectivity index (χ0v) is 8.98.